The number of hydrogen-bond acceptors (Lipinski definition) is 5. The fourth-order valence-corrected chi connectivity index (χ4v) is 4.24. The number of hydrogen-bond donors (Lipinski definition) is 3. The summed E-state index contributed by atoms with van der Waals surface area (Å²) in [7, 11) is 0. The molecule has 0 aromatic heterocycles. The molecule has 8 heteroatoms. The van der Waals surface area contributed by atoms with Gasteiger partial charge >= 0.3 is 6.09 Å². The highest BCUT2D eigenvalue weighted by Gasteiger charge is 2.37. The van der Waals surface area contributed by atoms with Gasteiger partial charge in [0.1, 0.15) is 23.4 Å². The van der Waals surface area contributed by atoms with Gasteiger partial charge in [0.05, 0.1) is 0 Å². The van der Waals surface area contributed by atoms with Crippen molar-refractivity contribution in [3.05, 3.63) is 65.2 Å². The third kappa shape index (κ3) is 9.93. The Kier molecular flexibility index (Phi) is 11.8. The number of unbranched alkanes of at least 4 members (excludes halogenated alkanes) is 1. The number of phenols is 1. The molecule has 0 fully saturated rings. The van der Waals surface area contributed by atoms with Gasteiger partial charge in [-0.05, 0) is 76.3 Å². The van der Waals surface area contributed by atoms with Crippen LogP contribution in [0.3, 0.4) is 0 Å². The number of aryl methyl sites for hydroxylation is 1. The lowest BCUT2D eigenvalue weighted by atomic mass is 9.97. The number of nitrogens with zero attached hydrogens (tertiary/aromatic N) is 1. The van der Waals surface area contributed by atoms with Crippen LogP contribution in [0.5, 0.6) is 5.75 Å². The molecular weight excluding hydrogens is 494 g/mol. The summed E-state index contributed by atoms with van der Waals surface area (Å²) in [6.07, 6.45) is 2.04. The largest absolute Gasteiger partial charge is 0.508 e. The monoisotopic (exact) mass is 539 g/mol. The Bertz CT molecular complexity index is 1070. The van der Waals surface area contributed by atoms with Gasteiger partial charge in [0.25, 0.3) is 0 Å². The van der Waals surface area contributed by atoms with Crippen molar-refractivity contribution < 1.29 is 24.2 Å². The third-order valence-electron chi connectivity index (χ3n) is 6.24. The molecule has 3 amide bonds. The molecule has 2 rings (SSSR count). The molecule has 2 aromatic rings. The van der Waals surface area contributed by atoms with Crippen LogP contribution in [0.4, 0.5) is 4.79 Å². The maximum Gasteiger partial charge on any atom is 0.408 e. The highest BCUT2D eigenvalue weighted by Crippen LogP contribution is 2.26. The Morgan fingerprint density at radius 1 is 0.949 bits per heavy atom. The van der Waals surface area contributed by atoms with Crippen molar-refractivity contribution in [2.45, 2.75) is 97.9 Å². The van der Waals surface area contributed by atoms with Crippen LogP contribution in [0.1, 0.15) is 84.0 Å². The van der Waals surface area contributed by atoms with E-state index in [1.165, 1.54) is 12.1 Å². The van der Waals surface area contributed by atoms with Crippen molar-refractivity contribution in [2.24, 2.45) is 0 Å². The minimum absolute atomic E-state index is 0.102. The maximum absolute atomic E-state index is 14.3. The van der Waals surface area contributed by atoms with Gasteiger partial charge in [-0.1, -0.05) is 56.7 Å². The lowest BCUT2D eigenvalue weighted by Crippen LogP contribution is -2.55. The fourth-order valence-electron chi connectivity index (χ4n) is 4.24. The molecule has 8 nitrogen and oxygen atoms in total. The molecule has 0 aliphatic heterocycles. The Hall–Kier alpha value is -3.55. The summed E-state index contributed by atoms with van der Waals surface area (Å²) in [5, 5.41) is 15.4. The van der Waals surface area contributed by atoms with E-state index in [1.807, 2.05) is 45.0 Å². The van der Waals surface area contributed by atoms with Gasteiger partial charge in [0.15, 0.2) is 0 Å². The van der Waals surface area contributed by atoms with E-state index in [9.17, 15) is 19.5 Å². The molecular formula is C31H45N3O5. The second-order valence-corrected chi connectivity index (χ2v) is 11.1. The maximum atomic E-state index is 14.3. The Balaban J connectivity index is 2.51. The number of phenolic OH excluding ortho intramolecular Hbond substituents is 1. The average molecular weight is 540 g/mol. The molecule has 39 heavy (non-hydrogen) atoms. The first kappa shape index (κ1) is 31.7. The zero-order valence-corrected chi connectivity index (χ0v) is 24.4. The van der Waals surface area contributed by atoms with Crippen molar-refractivity contribution in [3.63, 3.8) is 0 Å². The summed E-state index contributed by atoms with van der Waals surface area (Å²) in [6, 6.07) is 11.9. The van der Waals surface area contributed by atoms with Gasteiger partial charge in [-0.2, -0.15) is 0 Å². The molecule has 2 aromatic carbocycles. The van der Waals surface area contributed by atoms with Gasteiger partial charge in [-0.15, -0.1) is 0 Å². The highest BCUT2D eigenvalue weighted by molar-refractivity contribution is 5.92. The van der Waals surface area contributed by atoms with Crippen LogP contribution in [0, 0.1) is 0 Å². The number of nitrogens with one attached hydrogen (secondary N) is 2. The van der Waals surface area contributed by atoms with Crippen LogP contribution >= 0.6 is 0 Å². The molecule has 3 N–H and O–H groups in total. The SMILES string of the molecule is CCCCNC(=O)C(c1ccc(CC)cc1)N(C(=O)C(Cc1ccc(O)cc1)NC(=O)OC(C)(C)C)C(C)C. The minimum Gasteiger partial charge on any atom is -0.508 e. The average Bonchev–Trinajstić information content (AvgIpc) is 2.86. The van der Waals surface area contributed by atoms with Crippen LogP contribution in [0.2, 0.25) is 0 Å². The number of alkyl carbamates (subject to hydrolysis) is 1. The van der Waals surface area contributed by atoms with Gasteiger partial charge in [-0.3, -0.25) is 9.59 Å². The van der Waals surface area contributed by atoms with Crippen molar-refractivity contribution in [1.82, 2.24) is 15.5 Å². The molecule has 0 saturated carbocycles. The number of ether oxygens (including phenoxy) is 1. The van der Waals surface area contributed by atoms with E-state index in [0.717, 1.165) is 30.4 Å². The minimum atomic E-state index is -1.01. The van der Waals surface area contributed by atoms with E-state index in [4.69, 9.17) is 4.74 Å². The van der Waals surface area contributed by atoms with Gasteiger partial charge in [0.2, 0.25) is 11.8 Å². The fraction of sp³-hybridized carbons (Fsp3) is 0.516. The zero-order valence-electron chi connectivity index (χ0n) is 24.4. The molecule has 0 saturated heterocycles. The van der Waals surface area contributed by atoms with Crippen molar-refractivity contribution >= 4 is 17.9 Å². The third-order valence-corrected chi connectivity index (χ3v) is 6.24. The second kappa shape index (κ2) is 14.6. The first-order valence-electron chi connectivity index (χ1n) is 13.8. The molecule has 0 spiro atoms. The van der Waals surface area contributed by atoms with E-state index in [-0.39, 0.29) is 24.1 Å². The number of benzene rings is 2. The first-order chi connectivity index (χ1) is 18.4. The normalized spacial score (nSPS) is 12.9. The number of rotatable bonds is 12. The molecule has 0 heterocycles. The van der Waals surface area contributed by atoms with E-state index in [0.29, 0.717) is 12.1 Å². The summed E-state index contributed by atoms with van der Waals surface area (Å²) < 4.78 is 5.46. The Morgan fingerprint density at radius 3 is 2.05 bits per heavy atom. The number of carbonyl (C=O) groups is 3. The molecule has 0 aliphatic rings. The van der Waals surface area contributed by atoms with Crippen LogP contribution in [-0.2, 0) is 27.2 Å². The lowest BCUT2D eigenvalue weighted by molar-refractivity contribution is -0.144. The predicted octanol–water partition coefficient (Wildman–Crippen LogP) is 5.29. The lowest BCUT2D eigenvalue weighted by Gasteiger charge is -2.37. The Labute approximate surface area is 233 Å². The van der Waals surface area contributed by atoms with E-state index >= 15 is 0 Å². The smallest absolute Gasteiger partial charge is 0.408 e. The summed E-state index contributed by atoms with van der Waals surface area (Å²) in [5.74, 6) is -0.570. The van der Waals surface area contributed by atoms with Crippen molar-refractivity contribution in [2.75, 3.05) is 6.54 Å². The van der Waals surface area contributed by atoms with E-state index in [2.05, 4.69) is 17.6 Å². The van der Waals surface area contributed by atoms with Gasteiger partial charge < -0.3 is 25.4 Å². The summed E-state index contributed by atoms with van der Waals surface area (Å²) in [4.78, 5) is 42.2. The molecule has 2 atom stereocenters. The number of amides is 3. The van der Waals surface area contributed by atoms with Gasteiger partial charge in [-0.25, -0.2) is 4.79 Å². The van der Waals surface area contributed by atoms with Crippen LogP contribution in [-0.4, -0.2) is 52.1 Å². The van der Waals surface area contributed by atoms with Crippen molar-refractivity contribution in [3.8, 4) is 5.75 Å². The summed E-state index contributed by atoms with van der Waals surface area (Å²) in [5.41, 5.74) is 1.81. The number of carbonyl (C=O) groups excluding carboxylic acids is 3. The first-order valence-corrected chi connectivity index (χ1v) is 13.8. The van der Waals surface area contributed by atoms with E-state index < -0.39 is 29.7 Å². The number of aromatic hydroxyl groups is 1. The quantitative estimate of drug-likeness (QED) is 0.318. The molecule has 214 valence electrons. The molecule has 0 aliphatic carbocycles. The van der Waals surface area contributed by atoms with Crippen molar-refractivity contribution in [1.29, 1.82) is 0 Å². The topological polar surface area (TPSA) is 108 Å². The Morgan fingerprint density at radius 2 is 1.54 bits per heavy atom. The van der Waals surface area contributed by atoms with Crippen LogP contribution < -0.4 is 10.6 Å². The van der Waals surface area contributed by atoms with Crippen LogP contribution in [0.25, 0.3) is 0 Å². The predicted molar refractivity (Wildman–Crippen MR) is 153 cm³/mol. The molecule has 0 bridgehead atoms. The second-order valence-electron chi connectivity index (χ2n) is 11.1. The highest BCUT2D eigenvalue weighted by atomic mass is 16.6. The van der Waals surface area contributed by atoms with E-state index in [1.54, 1.807) is 37.8 Å². The molecule has 0 radical (unpaired) electrons. The summed E-state index contributed by atoms with van der Waals surface area (Å²) in [6.45, 7) is 13.6. The summed E-state index contributed by atoms with van der Waals surface area (Å²) >= 11 is 0. The van der Waals surface area contributed by atoms with Gasteiger partial charge in [0, 0.05) is 19.0 Å². The van der Waals surface area contributed by atoms with Crippen LogP contribution in [0.15, 0.2) is 48.5 Å². The zero-order chi connectivity index (χ0) is 29.2. The molecule has 2 unspecified atom stereocenters. The standard InChI is InChI=1S/C31H45N3O5/c1-8-10-19-32-28(36)27(24-15-11-22(9-2)12-16-24)34(21(3)4)29(37)26(33-30(38)39-31(5,6)7)20-23-13-17-25(35)18-14-23/h11-18,21,26-27,35H,8-10,19-20H2,1-7H3,(H,32,36)(H,33,38).